The fraction of sp³-hybridized carbons (Fsp3) is 0.412. The maximum absolute atomic E-state index is 15.0. The number of β-amino-alcohol motifs (C(OH)–C–C–N with tert-alkyl or cyclic N) is 1. The molecule has 216 valence electrons. The van der Waals surface area contributed by atoms with Gasteiger partial charge in [0.1, 0.15) is 5.82 Å². The van der Waals surface area contributed by atoms with Gasteiger partial charge in [-0.2, -0.15) is 0 Å². The molecule has 5 rings (SSSR count). The molecule has 2 N–H and O–H groups in total. The number of anilines is 2. The molecule has 3 aromatic carbocycles. The molecule has 3 aromatic rings. The van der Waals surface area contributed by atoms with Crippen LogP contribution < -0.4 is 10.2 Å². The molecule has 2 aliphatic rings. The van der Waals surface area contributed by atoms with E-state index in [4.69, 9.17) is 0 Å². The highest BCUT2D eigenvalue weighted by Crippen LogP contribution is 2.39. The minimum Gasteiger partial charge on any atom is -0.391 e. The molecule has 0 spiro atoms. The molecule has 0 aromatic heterocycles. The first-order chi connectivity index (χ1) is 19.5. The lowest BCUT2D eigenvalue weighted by atomic mass is 9.83. The van der Waals surface area contributed by atoms with E-state index in [2.05, 4.69) is 37.1 Å². The van der Waals surface area contributed by atoms with Crippen LogP contribution in [0.25, 0.3) is 0 Å². The number of rotatable bonds is 5. The number of piperidine rings is 1. The average molecular weight is 558 g/mol. The Morgan fingerprint density at radius 3 is 2.37 bits per heavy atom. The van der Waals surface area contributed by atoms with Crippen LogP contribution in [0, 0.1) is 18.7 Å². The van der Waals surface area contributed by atoms with Gasteiger partial charge in [-0.05, 0) is 78.6 Å². The molecule has 41 heavy (non-hydrogen) atoms. The Kier molecular flexibility index (Phi) is 8.18. The summed E-state index contributed by atoms with van der Waals surface area (Å²) in [5, 5.41) is 13.1. The monoisotopic (exact) mass is 557 g/mol. The van der Waals surface area contributed by atoms with E-state index in [0.717, 1.165) is 35.5 Å². The summed E-state index contributed by atoms with van der Waals surface area (Å²) in [6.07, 6.45) is 1.64. The van der Waals surface area contributed by atoms with Crippen molar-refractivity contribution in [2.24, 2.45) is 5.92 Å². The number of benzene rings is 3. The molecule has 2 heterocycles. The Bertz CT molecular complexity index is 1400. The zero-order valence-electron chi connectivity index (χ0n) is 24.4. The van der Waals surface area contributed by atoms with Gasteiger partial charge in [-0.15, -0.1) is 0 Å². The molecular weight excluding hydrogens is 517 g/mol. The maximum atomic E-state index is 15.0. The number of hydrogen-bond donors (Lipinski definition) is 2. The van der Waals surface area contributed by atoms with Gasteiger partial charge < -0.3 is 20.2 Å². The van der Waals surface area contributed by atoms with Crippen LogP contribution in [-0.4, -0.2) is 47.6 Å². The van der Waals surface area contributed by atoms with E-state index in [-0.39, 0.29) is 23.0 Å². The zero-order valence-corrected chi connectivity index (χ0v) is 24.4. The number of aryl methyl sites for hydroxylation is 1. The number of aliphatic hydroxyl groups is 1. The van der Waals surface area contributed by atoms with Crippen molar-refractivity contribution in [2.75, 3.05) is 29.9 Å². The van der Waals surface area contributed by atoms with Gasteiger partial charge in [0.05, 0.1) is 23.6 Å². The molecule has 0 aliphatic carbocycles. The standard InChI is InChI=1S/C34H40FN3O3/c1-22-8-5-12-29(35)30(22)33(41)38-18-7-11-28(32(40)36-25-10-6-9-24(20-25)34(2,3)4)31(38)23-13-15-26(16-14-23)37-19-17-27(39)21-37/h5-6,8-10,12-16,20,27-28,31,39H,7,11,17-19,21H2,1-4H3,(H,36,40)/t27?,28-,31-/m0/s1. The Hall–Kier alpha value is -3.71. The van der Waals surface area contributed by atoms with Crippen LogP contribution in [0.4, 0.5) is 15.8 Å². The summed E-state index contributed by atoms with van der Waals surface area (Å²) < 4.78 is 15.0. The van der Waals surface area contributed by atoms with Crippen molar-refractivity contribution >= 4 is 23.2 Å². The largest absolute Gasteiger partial charge is 0.391 e. The van der Waals surface area contributed by atoms with E-state index in [9.17, 15) is 19.1 Å². The van der Waals surface area contributed by atoms with Crippen LogP contribution in [0.3, 0.4) is 0 Å². The van der Waals surface area contributed by atoms with E-state index in [1.54, 1.807) is 24.0 Å². The molecule has 0 bridgehead atoms. The van der Waals surface area contributed by atoms with Gasteiger partial charge in [0.2, 0.25) is 5.91 Å². The Balaban J connectivity index is 1.49. The van der Waals surface area contributed by atoms with E-state index in [0.29, 0.717) is 31.5 Å². The van der Waals surface area contributed by atoms with Gasteiger partial charge in [-0.1, -0.05) is 57.2 Å². The number of hydrogen-bond acceptors (Lipinski definition) is 4. The summed E-state index contributed by atoms with van der Waals surface area (Å²) >= 11 is 0. The van der Waals surface area contributed by atoms with E-state index in [1.807, 2.05) is 42.5 Å². The lowest BCUT2D eigenvalue weighted by Crippen LogP contribution is -2.46. The van der Waals surface area contributed by atoms with Crippen molar-refractivity contribution in [3.63, 3.8) is 0 Å². The molecule has 0 radical (unpaired) electrons. The normalized spacial score (nSPS) is 21.2. The first-order valence-electron chi connectivity index (χ1n) is 14.5. The molecule has 7 heteroatoms. The molecule has 2 amide bonds. The number of nitrogens with zero attached hydrogens (tertiary/aromatic N) is 2. The zero-order chi connectivity index (χ0) is 29.3. The predicted octanol–water partition coefficient (Wildman–Crippen LogP) is 6.23. The van der Waals surface area contributed by atoms with Crippen LogP contribution in [-0.2, 0) is 10.2 Å². The van der Waals surface area contributed by atoms with Crippen LogP contribution in [0.1, 0.15) is 73.1 Å². The first-order valence-corrected chi connectivity index (χ1v) is 14.5. The van der Waals surface area contributed by atoms with Crippen LogP contribution in [0.2, 0.25) is 0 Å². The van der Waals surface area contributed by atoms with Gasteiger partial charge >= 0.3 is 0 Å². The molecular formula is C34H40FN3O3. The van der Waals surface area contributed by atoms with Crippen molar-refractivity contribution in [1.82, 2.24) is 4.90 Å². The highest BCUT2D eigenvalue weighted by atomic mass is 19.1. The minimum atomic E-state index is -0.556. The maximum Gasteiger partial charge on any atom is 0.257 e. The molecule has 0 saturated carbocycles. The van der Waals surface area contributed by atoms with Crippen molar-refractivity contribution in [3.8, 4) is 0 Å². The van der Waals surface area contributed by atoms with E-state index < -0.39 is 23.7 Å². The molecule has 6 nitrogen and oxygen atoms in total. The Labute approximate surface area is 242 Å². The first kappa shape index (κ1) is 28.8. The third-order valence-electron chi connectivity index (χ3n) is 8.42. The predicted molar refractivity (Wildman–Crippen MR) is 161 cm³/mol. The van der Waals surface area contributed by atoms with Gasteiger partial charge in [0.25, 0.3) is 5.91 Å². The quantitative estimate of drug-likeness (QED) is 0.390. The SMILES string of the molecule is Cc1cccc(F)c1C(=O)N1CCC[C@H](C(=O)Nc2cccc(C(C)(C)C)c2)[C@@H]1c1ccc(N2CCC(O)C2)cc1. The summed E-state index contributed by atoms with van der Waals surface area (Å²) in [5.41, 5.74) is 4.22. The second-order valence-electron chi connectivity index (χ2n) is 12.4. The number of nitrogens with one attached hydrogen (secondary N) is 1. The lowest BCUT2D eigenvalue weighted by molar-refractivity contribution is -0.123. The van der Waals surface area contributed by atoms with Crippen LogP contribution in [0.5, 0.6) is 0 Å². The molecule has 3 atom stereocenters. The fourth-order valence-corrected chi connectivity index (χ4v) is 6.11. The third kappa shape index (κ3) is 6.15. The summed E-state index contributed by atoms with van der Waals surface area (Å²) in [5.74, 6) is -1.63. The summed E-state index contributed by atoms with van der Waals surface area (Å²) in [4.78, 5) is 31.7. The van der Waals surface area contributed by atoms with Crippen molar-refractivity contribution in [2.45, 2.75) is 64.5 Å². The number of carbonyl (C=O) groups excluding carboxylic acids is 2. The molecule has 2 aliphatic heterocycles. The second-order valence-corrected chi connectivity index (χ2v) is 12.4. The molecule has 1 unspecified atom stereocenters. The van der Waals surface area contributed by atoms with Crippen LogP contribution >= 0.6 is 0 Å². The second kappa shape index (κ2) is 11.6. The van der Waals surface area contributed by atoms with E-state index in [1.165, 1.54) is 6.07 Å². The van der Waals surface area contributed by atoms with Crippen LogP contribution in [0.15, 0.2) is 66.7 Å². The lowest BCUT2D eigenvalue weighted by Gasteiger charge is -2.41. The van der Waals surface area contributed by atoms with Crippen molar-refractivity contribution in [1.29, 1.82) is 0 Å². The Morgan fingerprint density at radius 1 is 0.976 bits per heavy atom. The van der Waals surface area contributed by atoms with Gasteiger partial charge in [-0.25, -0.2) is 4.39 Å². The summed E-state index contributed by atoms with van der Waals surface area (Å²) in [7, 11) is 0. The Morgan fingerprint density at radius 2 is 1.71 bits per heavy atom. The van der Waals surface area contributed by atoms with Gasteiger partial charge in [-0.3, -0.25) is 9.59 Å². The number of carbonyl (C=O) groups is 2. The highest BCUT2D eigenvalue weighted by Gasteiger charge is 2.40. The number of aliphatic hydroxyl groups excluding tert-OH is 1. The van der Waals surface area contributed by atoms with Crippen molar-refractivity contribution < 1.29 is 19.1 Å². The van der Waals surface area contributed by atoms with Crippen molar-refractivity contribution in [3.05, 3.63) is 94.8 Å². The number of amides is 2. The smallest absolute Gasteiger partial charge is 0.257 e. The third-order valence-corrected chi connectivity index (χ3v) is 8.42. The summed E-state index contributed by atoms with van der Waals surface area (Å²) in [6, 6.07) is 19.9. The minimum absolute atomic E-state index is 0.0547. The van der Waals surface area contributed by atoms with Gasteiger partial charge in [0.15, 0.2) is 0 Å². The molecule has 2 fully saturated rings. The summed E-state index contributed by atoms with van der Waals surface area (Å²) in [6.45, 7) is 9.92. The average Bonchev–Trinajstić information content (AvgIpc) is 3.38. The molecule has 2 saturated heterocycles. The highest BCUT2D eigenvalue weighted by molar-refractivity contribution is 5.98. The topological polar surface area (TPSA) is 72.9 Å². The van der Waals surface area contributed by atoms with Gasteiger partial charge in [0, 0.05) is 31.0 Å². The van der Waals surface area contributed by atoms with E-state index >= 15 is 0 Å². The number of likely N-dealkylation sites (tertiary alicyclic amines) is 1. The fourth-order valence-electron chi connectivity index (χ4n) is 6.11. The number of halogens is 1.